The Balaban J connectivity index is 1.85. The molecule has 26 heavy (non-hydrogen) atoms. The highest BCUT2D eigenvalue weighted by molar-refractivity contribution is 9.10. The van der Waals surface area contributed by atoms with Crippen LogP contribution in [0.3, 0.4) is 0 Å². The molecule has 0 bridgehead atoms. The maximum absolute atomic E-state index is 12.1. The van der Waals surface area contributed by atoms with Crippen LogP contribution in [0.15, 0.2) is 59.1 Å². The van der Waals surface area contributed by atoms with E-state index >= 15 is 0 Å². The van der Waals surface area contributed by atoms with Crippen molar-refractivity contribution >= 4 is 43.5 Å². The van der Waals surface area contributed by atoms with Gasteiger partial charge in [0.1, 0.15) is 0 Å². The summed E-state index contributed by atoms with van der Waals surface area (Å²) >= 11 is 3.45. The first-order chi connectivity index (χ1) is 12.6. The smallest absolute Gasteiger partial charge is 0.249 e. The molecule has 1 amide bonds. The second-order valence-electron chi connectivity index (χ2n) is 6.69. The number of carbonyl (C=O) groups excluding carboxylic acids is 1. The molecule has 0 saturated heterocycles. The number of aromatic nitrogens is 1. The van der Waals surface area contributed by atoms with Crippen LogP contribution in [0.2, 0.25) is 0 Å². The van der Waals surface area contributed by atoms with Crippen LogP contribution >= 0.6 is 15.9 Å². The van der Waals surface area contributed by atoms with Crippen LogP contribution in [0.25, 0.3) is 32.9 Å². The number of fused-ring (bicyclic) bond motifs is 1. The van der Waals surface area contributed by atoms with E-state index in [1.807, 2.05) is 24.3 Å². The molecule has 4 heteroatoms. The van der Waals surface area contributed by atoms with Crippen LogP contribution < -0.4 is 5.73 Å². The lowest BCUT2D eigenvalue weighted by molar-refractivity contribution is 0.100. The van der Waals surface area contributed by atoms with Crippen molar-refractivity contribution in [2.75, 3.05) is 0 Å². The fourth-order valence-corrected chi connectivity index (χ4v) is 4.37. The summed E-state index contributed by atoms with van der Waals surface area (Å²) in [7, 11) is 0. The molecule has 1 aliphatic carbocycles. The minimum absolute atomic E-state index is 0.442. The molecule has 2 N–H and O–H groups in total. The van der Waals surface area contributed by atoms with Crippen molar-refractivity contribution in [2.24, 2.45) is 5.73 Å². The molecule has 0 unspecified atom stereocenters. The van der Waals surface area contributed by atoms with Crippen molar-refractivity contribution in [3.8, 4) is 11.3 Å². The Morgan fingerprint density at radius 1 is 0.962 bits per heavy atom. The standard InChI is InChI=1S/C22H15BrN2O/c23-14-7-9-19-17(10-14)18(22(24)26)11-20(25-19)15-8-6-13-5-4-12-2-1-3-16(15)21(12)13/h1-3,6-11H,4-5H2,(H2,24,26). The number of aryl methyl sites for hydroxylation is 2. The number of benzene rings is 3. The minimum Gasteiger partial charge on any atom is -0.366 e. The number of primary amides is 1. The first-order valence-corrected chi connectivity index (χ1v) is 9.35. The predicted molar refractivity (Wildman–Crippen MR) is 108 cm³/mol. The van der Waals surface area contributed by atoms with Crippen LogP contribution in [0, 0.1) is 0 Å². The average molecular weight is 403 g/mol. The maximum Gasteiger partial charge on any atom is 0.249 e. The monoisotopic (exact) mass is 402 g/mol. The lowest BCUT2D eigenvalue weighted by atomic mass is 9.96. The van der Waals surface area contributed by atoms with E-state index in [1.165, 1.54) is 21.9 Å². The summed E-state index contributed by atoms with van der Waals surface area (Å²) in [4.78, 5) is 16.9. The van der Waals surface area contributed by atoms with Gasteiger partial charge in [0.05, 0.1) is 16.8 Å². The summed E-state index contributed by atoms with van der Waals surface area (Å²) in [5.74, 6) is -0.442. The fraction of sp³-hybridized carbons (Fsp3) is 0.0909. The highest BCUT2D eigenvalue weighted by Gasteiger charge is 2.18. The van der Waals surface area contributed by atoms with Gasteiger partial charge in [-0.25, -0.2) is 4.98 Å². The average Bonchev–Trinajstić information content (AvgIpc) is 3.06. The van der Waals surface area contributed by atoms with E-state index in [9.17, 15) is 4.79 Å². The molecule has 5 rings (SSSR count). The van der Waals surface area contributed by atoms with E-state index < -0.39 is 5.91 Å². The van der Waals surface area contributed by atoms with Crippen molar-refractivity contribution < 1.29 is 4.79 Å². The van der Waals surface area contributed by atoms with E-state index in [-0.39, 0.29) is 0 Å². The topological polar surface area (TPSA) is 56.0 Å². The van der Waals surface area contributed by atoms with Gasteiger partial charge in [0.25, 0.3) is 0 Å². The molecule has 0 atom stereocenters. The zero-order valence-electron chi connectivity index (χ0n) is 13.9. The molecule has 0 radical (unpaired) electrons. The SMILES string of the molecule is NC(=O)c1cc(-c2ccc3c4c(cccc24)CC3)nc2ccc(Br)cc12. The summed E-state index contributed by atoms with van der Waals surface area (Å²) in [6, 6.07) is 18.3. The molecule has 126 valence electrons. The van der Waals surface area contributed by atoms with Crippen molar-refractivity contribution in [1.29, 1.82) is 0 Å². The Labute approximate surface area is 159 Å². The number of rotatable bonds is 2. The third-order valence-corrected chi connectivity index (χ3v) is 5.68. The van der Waals surface area contributed by atoms with Gasteiger partial charge in [0.15, 0.2) is 0 Å². The molecule has 4 aromatic rings. The molecule has 3 nitrogen and oxygen atoms in total. The number of nitrogens with zero attached hydrogens (tertiary/aromatic N) is 1. The van der Waals surface area contributed by atoms with Crippen LogP contribution in [-0.2, 0) is 12.8 Å². The summed E-state index contributed by atoms with van der Waals surface area (Å²) < 4.78 is 0.896. The van der Waals surface area contributed by atoms with Gasteiger partial charge in [-0.2, -0.15) is 0 Å². The molecule has 1 aliphatic rings. The molecule has 0 spiro atoms. The third-order valence-electron chi connectivity index (χ3n) is 5.19. The number of pyridine rings is 1. The number of hydrogen-bond donors (Lipinski definition) is 1. The van der Waals surface area contributed by atoms with E-state index in [1.54, 1.807) is 0 Å². The molecule has 0 fully saturated rings. The summed E-state index contributed by atoms with van der Waals surface area (Å²) in [5.41, 5.74) is 11.5. The lowest BCUT2D eigenvalue weighted by Gasteiger charge is -2.12. The molecular weight excluding hydrogens is 388 g/mol. The zero-order valence-corrected chi connectivity index (χ0v) is 15.5. The van der Waals surface area contributed by atoms with Gasteiger partial charge in [0, 0.05) is 15.4 Å². The van der Waals surface area contributed by atoms with Crippen molar-refractivity contribution in [2.45, 2.75) is 12.8 Å². The zero-order chi connectivity index (χ0) is 17.8. The van der Waals surface area contributed by atoms with Crippen molar-refractivity contribution in [3.63, 3.8) is 0 Å². The molecule has 3 aromatic carbocycles. The van der Waals surface area contributed by atoms with Crippen LogP contribution in [0.1, 0.15) is 21.5 Å². The molecule has 1 heterocycles. The normalized spacial score (nSPS) is 12.8. The second kappa shape index (κ2) is 5.64. The predicted octanol–water partition coefficient (Wildman–Crippen LogP) is 5.02. The Kier molecular flexibility index (Phi) is 3.37. The van der Waals surface area contributed by atoms with Gasteiger partial charge < -0.3 is 5.73 Å². The number of carbonyl (C=O) groups is 1. The van der Waals surface area contributed by atoms with Crippen molar-refractivity contribution in [1.82, 2.24) is 4.98 Å². The maximum atomic E-state index is 12.1. The number of nitrogens with two attached hydrogens (primary N) is 1. The first-order valence-electron chi connectivity index (χ1n) is 8.56. The van der Waals surface area contributed by atoms with Gasteiger partial charge in [-0.15, -0.1) is 0 Å². The molecule has 1 aromatic heterocycles. The number of hydrogen-bond acceptors (Lipinski definition) is 2. The summed E-state index contributed by atoms with van der Waals surface area (Å²) in [6.07, 6.45) is 2.17. The van der Waals surface area contributed by atoms with E-state index in [4.69, 9.17) is 10.7 Å². The van der Waals surface area contributed by atoms with Crippen LogP contribution in [0.4, 0.5) is 0 Å². The quantitative estimate of drug-likeness (QED) is 0.511. The lowest BCUT2D eigenvalue weighted by Crippen LogP contribution is -2.12. The van der Waals surface area contributed by atoms with E-state index in [0.29, 0.717) is 5.56 Å². The second-order valence-corrected chi connectivity index (χ2v) is 7.61. The summed E-state index contributed by atoms with van der Waals surface area (Å²) in [6.45, 7) is 0. The fourth-order valence-electron chi connectivity index (χ4n) is 4.01. The highest BCUT2D eigenvalue weighted by atomic mass is 79.9. The number of halogens is 1. The Morgan fingerprint density at radius 3 is 2.58 bits per heavy atom. The van der Waals surface area contributed by atoms with Crippen LogP contribution in [-0.4, -0.2) is 10.9 Å². The van der Waals surface area contributed by atoms with Gasteiger partial charge in [-0.05, 0) is 59.0 Å². The Bertz CT molecular complexity index is 1220. The minimum atomic E-state index is -0.442. The van der Waals surface area contributed by atoms with Gasteiger partial charge in [-0.1, -0.05) is 46.3 Å². The van der Waals surface area contributed by atoms with E-state index in [2.05, 4.69) is 46.3 Å². The molecule has 0 aliphatic heterocycles. The van der Waals surface area contributed by atoms with Crippen LogP contribution in [0.5, 0.6) is 0 Å². The Morgan fingerprint density at radius 2 is 1.77 bits per heavy atom. The first kappa shape index (κ1) is 15.5. The van der Waals surface area contributed by atoms with Gasteiger partial charge in [-0.3, -0.25) is 4.79 Å². The number of amides is 1. The Hall–Kier alpha value is -2.72. The molecule has 0 saturated carbocycles. The van der Waals surface area contributed by atoms with Crippen molar-refractivity contribution in [3.05, 3.63) is 75.8 Å². The summed E-state index contributed by atoms with van der Waals surface area (Å²) in [5, 5.41) is 3.29. The largest absolute Gasteiger partial charge is 0.366 e. The van der Waals surface area contributed by atoms with Gasteiger partial charge in [0.2, 0.25) is 5.91 Å². The highest BCUT2D eigenvalue weighted by Crippen LogP contribution is 2.37. The van der Waals surface area contributed by atoms with E-state index in [0.717, 1.165) is 39.5 Å². The third kappa shape index (κ3) is 2.26. The molecular formula is C22H15BrN2O. The van der Waals surface area contributed by atoms with Gasteiger partial charge >= 0.3 is 0 Å².